The quantitative estimate of drug-likeness (QED) is 0.178. The van der Waals surface area contributed by atoms with Crippen molar-refractivity contribution >= 4 is 43.6 Å². The van der Waals surface area contributed by atoms with E-state index in [2.05, 4.69) is 203 Å². The molecular formula is C48H32N2. The van der Waals surface area contributed by atoms with E-state index >= 15 is 0 Å². The van der Waals surface area contributed by atoms with Crippen molar-refractivity contribution in [3.05, 3.63) is 194 Å². The zero-order chi connectivity index (χ0) is 33.0. The normalized spacial score (nSPS) is 11.6. The lowest BCUT2D eigenvalue weighted by atomic mass is 9.96. The molecule has 2 aromatic heterocycles. The molecule has 0 saturated heterocycles. The summed E-state index contributed by atoms with van der Waals surface area (Å²) < 4.78 is 4.91. The average molecular weight is 637 g/mol. The van der Waals surface area contributed by atoms with Gasteiger partial charge in [0.05, 0.1) is 27.8 Å². The Balaban J connectivity index is 1.30. The summed E-state index contributed by atoms with van der Waals surface area (Å²) in [4.78, 5) is 0. The smallest absolute Gasteiger partial charge is 0.0619 e. The summed E-state index contributed by atoms with van der Waals surface area (Å²) in [7, 11) is 0. The molecular weight excluding hydrogens is 605 g/mol. The summed E-state index contributed by atoms with van der Waals surface area (Å²) in [5, 5.41) is 5.01. The van der Waals surface area contributed by atoms with Gasteiger partial charge in [-0.1, -0.05) is 152 Å². The lowest BCUT2D eigenvalue weighted by molar-refractivity contribution is 1.18. The molecule has 0 spiro atoms. The molecule has 0 radical (unpaired) electrons. The SMILES string of the molecule is c1ccc(-c2ccc(-n3c4ccccc4c4c(-c5cccc6c7ccccc7n(-c7ccccc7)c56)cccc43)c(-c3ccccc3)c2)cc1. The molecule has 10 aromatic rings. The second-order valence-electron chi connectivity index (χ2n) is 12.9. The fraction of sp³-hybridized carbons (Fsp3) is 0. The molecule has 2 nitrogen and oxygen atoms in total. The molecule has 234 valence electrons. The Morgan fingerprint density at radius 2 is 0.860 bits per heavy atom. The van der Waals surface area contributed by atoms with E-state index in [-0.39, 0.29) is 0 Å². The van der Waals surface area contributed by atoms with Crippen LogP contribution in [0.3, 0.4) is 0 Å². The maximum absolute atomic E-state index is 2.47. The van der Waals surface area contributed by atoms with Crippen molar-refractivity contribution in [1.82, 2.24) is 9.13 Å². The molecule has 0 N–H and O–H groups in total. The fourth-order valence-corrected chi connectivity index (χ4v) is 7.97. The number of nitrogens with zero attached hydrogens (tertiary/aromatic N) is 2. The largest absolute Gasteiger partial charge is 0.309 e. The summed E-state index contributed by atoms with van der Waals surface area (Å²) in [5.74, 6) is 0. The van der Waals surface area contributed by atoms with E-state index in [0.717, 1.165) is 11.4 Å². The van der Waals surface area contributed by atoms with Gasteiger partial charge in [-0.25, -0.2) is 0 Å². The van der Waals surface area contributed by atoms with Gasteiger partial charge in [-0.2, -0.15) is 0 Å². The number of aromatic nitrogens is 2. The fourth-order valence-electron chi connectivity index (χ4n) is 7.97. The monoisotopic (exact) mass is 636 g/mol. The van der Waals surface area contributed by atoms with Crippen LogP contribution in [0.2, 0.25) is 0 Å². The van der Waals surface area contributed by atoms with Gasteiger partial charge in [0.25, 0.3) is 0 Å². The highest BCUT2D eigenvalue weighted by atomic mass is 15.0. The van der Waals surface area contributed by atoms with Crippen LogP contribution in [0.5, 0.6) is 0 Å². The van der Waals surface area contributed by atoms with E-state index < -0.39 is 0 Å². The summed E-state index contributed by atoms with van der Waals surface area (Å²) in [6, 6.07) is 70.4. The molecule has 0 atom stereocenters. The molecule has 0 fully saturated rings. The van der Waals surface area contributed by atoms with Gasteiger partial charge in [0.2, 0.25) is 0 Å². The number of hydrogen-bond acceptors (Lipinski definition) is 0. The Kier molecular flexibility index (Phi) is 6.53. The van der Waals surface area contributed by atoms with Crippen LogP contribution in [0.4, 0.5) is 0 Å². The van der Waals surface area contributed by atoms with Gasteiger partial charge in [0.1, 0.15) is 0 Å². The standard InChI is InChI=1S/C48H32N2/c1-4-16-33(17-5-1)35-30-31-45(42(32-35)34-18-6-2-7-19-34)50-44-28-13-11-23-41(44)47-38(24-15-29-46(47)50)40-26-14-25-39-37-22-10-12-27-43(37)49(48(39)40)36-20-8-3-9-21-36/h1-32H. The summed E-state index contributed by atoms with van der Waals surface area (Å²) in [6.45, 7) is 0. The maximum Gasteiger partial charge on any atom is 0.0619 e. The number of hydrogen-bond donors (Lipinski definition) is 0. The lowest BCUT2D eigenvalue weighted by Crippen LogP contribution is -1.98. The zero-order valence-electron chi connectivity index (χ0n) is 27.4. The number of fused-ring (bicyclic) bond motifs is 6. The molecule has 0 saturated carbocycles. The molecule has 0 aliphatic carbocycles. The predicted octanol–water partition coefficient (Wildman–Crippen LogP) is 12.9. The molecule has 50 heavy (non-hydrogen) atoms. The van der Waals surface area contributed by atoms with Gasteiger partial charge in [0, 0.05) is 38.4 Å². The number of para-hydroxylation sites is 4. The van der Waals surface area contributed by atoms with E-state index in [4.69, 9.17) is 0 Å². The number of benzene rings is 8. The molecule has 2 heterocycles. The Labute approximate surface area is 290 Å². The third kappa shape index (κ3) is 4.36. The molecule has 10 rings (SSSR count). The van der Waals surface area contributed by atoms with Crippen molar-refractivity contribution in [2.24, 2.45) is 0 Å². The lowest BCUT2D eigenvalue weighted by Gasteiger charge is -2.16. The summed E-state index contributed by atoms with van der Waals surface area (Å²) in [6.07, 6.45) is 0. The van der Waals surface area contributed by atoms with Gasteiger partial charge in [-0.05, 0) is 64.7 Å². The van der Waals surface area contributed by atoms with Crippen LogP contribution in [-0.2, 0) is 0 Å². The summed E-state index contributed by atoms with van der Waals surface area (Å²) in [5.41, 5.74) is 14.4. The van der Waals surface area contributed by atoms with E-state index in [1.165, 1.54) is 77.0 Å². The van der Waals surface area contributed by atoms with Gasteiger partial charge < -0.3 is 9.13 Å². The van der Waals surface area contributed by atoms with Gasteiger partial charge in [-0.3, -0.25) is 0 Å². The van der Waals surface area contributed by atoms with Gasteiger partial charge >= 0.3 is 0 Å². The average Bonchev–Trinajstić information content (AvgIpc) is 3.72. The third-order valence-corrected chi connectivity index (χ3v) is 10.1. The van der Waals surface area contributed by atoms with E-state index in [1.54, 1.807) is 0 Å². The second kappa shape index (κ2) is 11.5. The first-order chi connectivity index (χ1) is 24.8. The summed E-state index contributed by atoms with van der Waals surface area (Å²) >= 11 is 0. The maximum atomic E-state index is 2.47. The van der Waals surface area contributed by atoms with Crippen LogP contribution in [0, 0.1) is 0 Å². The van der Waals surface area contributed by atoms with Gasteiger partial charge in [0.15, 0.2) is 0 Å². The zero-order valence-corrected chi connectivity index (χ0v) is 27.4. The second-order valence-corrected chi connectivity index (χ2v) is 12.9. The van der Waals surface area contributed by atoms with Gasteiger partial charge in [-0.15, -0.1) is 0 Å². The minimum Gasteiger partial charge on any atom is -0.309 e. The first kappa shape index (κ1) is 28.4. The Morgan fingerprint density at radius 1 is 0.300 bits per heavy atom. The van der Waals surface area contributed by atoms with E-state index in [9.17, 15) is 0 Å². The van der Waals surface area contributed by atoms with Crippen LogP contribution in [0.1, 0.15) is 0 Å². The molecule has 0 bridgehead atoms. The minimum atomic E-state index is 1.16. The highest BCUT2D eigenvalue weighted by Crippen LogP contribution is 2.44. The molecule has 0 amide bonds. The Bertz CT molecular complexity index is 2840. The third-order valence-electron chi connectivity index (χ3n) is 10.1. The molecule has 0 aliphatic heterocycles. The van der Waals surface area contributed by atoms with E-state index in [0.29, 0.717) is 0 Å². The van der Waals surface area contributed by atoms with Crippen molar-refractivity contribution in [2.45, 2.75) is 0 Å². The first-order valence-electron chi connectivity index (χ1n) is 17.2. The molecule has 0 aliphatic rings. The van der Waals surface area contributed by atoms with Crippen molar-refractivity contribution in [3.8, 4) is 44.8 Å². The van der Waals surface area contributed by atoms with E-state index in [1.807, 2.05) is 0 Å². The Hall–Kier alpha value is -6.64. The van der Waals surface area contributed by atoms with Crippen LogP contribution < -0.4 is 0 Å². The van der Waals surface area contributed by atoms with Crippen molar-refractivity contribution < 1.29 is 0 Å². The number of rotatable bonds is 5. The van der Waals surface area contributed by atoms with Crippen molar-refractivity contribution in [2.75, 3.05) is 0 Å². The highest BCUT2D eigenvalue weighted by Gasteiger charge is 2.22. The van der Waals surface area contributed by atoms with Crippen LogP contribution in [0.15, 0.2) is 194 Å². The van der Waals surface area contributed by atoms with Crippen LogP contribution in [-0.4, -0.2) is 9.13 Å². The predicted molar refractivity (Wildman–Crippen MR) is 211 cm³/mol. The topological polar surface area (TPSA) is 9.86 Å². The Morgan fingerprint density at radius 3 is 1.62 bits per heavy atom. The molecule has 8 aromatic carbocycles. The van der Waals surface area contributed by atoms with Crippen molar-refractivity contribution in [3.63, 3.8) is 0 Å². The first-order valence-corrected chi connectivity index (χ1v) is 17.2. The van der Waals surface area contributed by atoms with Crippen LogP contribution >= 0.6 is 0 Å². The highest BCUT2D eigenvalue weighted by molar-refractivity contribution is 6.20. The molecule has 0 unspecified atom stereocenters. The van der Waals surface area contributed by atoms with Crippen molar-refractivity contribution in [1.29, 1.82) is 0 Å². The minimum absolute atomic E-state index is 1.16. The van der Waals surface area contributed by atoms with Crippen LogP contribution in [0.25, 0.3) is 88.4 Å². The molecule has 2 heteroatoms.